The summed E-state index contributed by atoms with van der Waals surface area (Å²) in [5.74, 6) is 0.0844. The Kier molecular flexibility index (Phi) is 1.18. The van der Waals surface area contributed by atoms with Gasteiger partial charge in [0, 0.05) is 36.7 Å². The van der Waals surface area contributed by atoms with Crippen molar-refractivity contribution in [1.29, 1.82) is 0 Å². The first kappa shape index (κ1) is 6.34. The second kappa shape index (κ2) is 2.05. The summed E-state index contributed by atoms with van der Waals surface area (Å²) in [5.41, 5.74) is 2.21. The van der Waals surface area contributed by atoms with Gasteiger partial charge < -0.3 is 4.90 Å². The summed E-state index contributed by atoms with van der Waals surface area (Å²) in [6.45, 7) is 2.25. The third-order valence-corrected chi connectivity index (χ3v) is 1.85. The fourth-order valence-corrected chi connectivity index (χ4v) is 1.21. The Hall–Kier alpha value is -1.38. The van der Waals surface area contributed by atoms with Crippen LogP contribution in [0.5, 0.6) is 0 Å². The molecule has 0 radical (unpaired) electrons. The van der Waals surface area contributed by atoms with Gasteiger partial charge in [0.2, 0.25) is 5.91 Å². The van der Waals surface area contributed by atoms with Gasteiger partial charge in [0.1, 0.15) is 0 Å². The molecule has 3 nitrogen and oxygen atoms in total. The summed E-state index contributed by atoms with van der Waals surface area (Å²) in [6.07, 6.45) is 5.41. The van der Waals surface area contributed by atoms with E-state index in [0.29, 0.717) is 6.54 Å². The van der Waals surface area contributed by atoms with E-state index < -0.39 is 0 Å². The van der Waals surface area contributed by atoms with Gasteiger partial charge in [-0.25, -0.2) is 0 Å². The minimum absolute atomic E-state index is 0.0844. The van der Waals surface area contributed by atoms with Gasteiger partial charge in [-0.05, 0) is 0 Å². The lowest BCUT2D eigenvalue weighted by molar-refractivity contribution is -0.125. The number of aliphatic imine (C=N–C) groups is 1. The summed E-state index contributed by atoms with van der Waals surface area (Å²) in [5, 5.41) is 0. The van der Waals surface area contributed by atoms with Crippen molar-refractivity contribution in [3.63, 3.8) is 0 Å². The Labute approximate surface area is 64.7 Å². The lowest BCUT2D eigenvalue weighted by Crippen LogP contribution is -2.20. The molecular formula is C8H8N2O. The topological polar surface area (TPSA) is 32.7 Å². The molecule has 0 unspecified atom stereocenters. The minimum Gasteiger partial charge on any atom is -0.314 e. The van der Waals surface area contributed by atoms with Crippen LogP contribution >= 0.6 is 0 Å². The molecule has 0 fully saturated rings. The Balaban J connectivity index is 2.27. The smallest absolute Gasteiger partial charge is 0.223 e. The largest absolute Gasteiger partial charge is 0.314 e. The molecule has 0 aliphatic carbocycles. The van der Waals surface area contributed by atoms with Crippen molar-refractivity contribution in [3.05, 3.63) is 23.5 Å². The number of hydrogen-bond acceptors (Lipinski definition) is 2. The molecule has 0 aromatic carbocycles. The molecule has 0 saturated carbocycles. The fraction of sp³-hybridized carbons (Fsp3) is 0.250. The highest BCUT2D eigenvalue weighted by atomic mass is 16.2. The van der Waals surface area contributed by atoms with Crippen LogP contribution in [0.3, 0.4) is 0 Å². The van der Waals surface area contributed by atoms with E-state index in [1.165, 1.54) is 0 Å². The van der Waals surface area contributed by atoms with Crippen LogP contribution in [-0.2, 0) is 4.79 Å². The van der Waals surface area contributed by atoms with Crippen LogP contribution in [0.1, 0.15) is 6.92 Å². The molecule has 2 aliphatic heterocycles. The molecule has 3 heteroatoms. The van der Waals surface area contributed by atoms with Gasteiger partial charge in [-0.1, -0.05) is 0 Å². The van der Waals surface area contributed by atoms with Crippen LogP contribution in [0.25, 0.3) is 0 Å². The standard InChI is InChI=1S/C8H8N2O/c1-6(11)10-4-7-2-9-3-8(7)5-10/h2-4H,5H2,1H3. The molecule has 0 N–H and O–H groups in total. The molecule has 2 heterocycles. The van der Waals surface area contributed by atoms with E-state index in [1.807, 2.05) is 6.20 Å². The molecule has 0 spiro atoms. The van der Waals surface area contributed by atoms with Crippen LogP contribution in [0.15, 0.2) is 28.5 Å². The lowest BCUT2D eigenvalue weighted by atomic mass is 10.2. The van der Waals surface area contributed by atoms with E-state index in [1.54, 1.807) is 24.2 Å². The molecule has 0 aromatic heterocycles. The molecule has 11 heavy (non-hydrogen) atoms. The van der Waals surface area contributed by atoms with E-state index in [-0.39, 0.29) is 5.91 Å². The third-order valence-electron chi connectivity index (χ3n) is 1.85. The third kappa shape index (κ3) is 0.888. The molecular weight excluding hydrogens is 140 g/mol. The summed E-state index contributed by atoms with van der Waals surface area (Å²) in [4.78, 5) is 16.5. The van der Waals surface area contributed by atoms with Crippen molar-refractivity contribution < 1.29 is 4.79 Å². The van der Waals surface area contributed by atoms with Crippen molar-refractivity contribution >= 4 is 12.1 Å². The highest BCUT2D eigenvalue weighted by Crippen LogP contribution is 2.22. The van der Waals surface area contributed by atoms with Gasteiger partial charge in [0.25, 0.3) is 0 Å². The highest BCUT2D eigenvalue weighted by Gasteiger charge is 2.21. The van der Waals surface area contributed by atoms with Crippen LogP contribution in [0.2, 0.25) is 0 Å². The fourth-order valence-electron chi connectivity index (χ4n) is 1.21. The number of amides is 1. The summed E-state index contributed by atoms with van der Waals surface area (Å²) >= 11 is 0. The number of carbonyl (C=O) groups excluding carboxylic acids is 1. The van der Waals surface area contributed by atoms with Gasteiger partial charge in [-0.3, -0.25) is 9.79 Å². The quantitative estimate of drug-likeness (QED) is 0.497. The Morgan fingerprint density at radius 1 is 1.73 bits per heavy atom. The number of hydrogen-bond donors (Lipinski definition) is 0. The maximum Gasteiger partial charge on any atom is 0.223 e. The van der Waals surface area contributed by atoms with Gasteiger partial charge in [-0.15, -0.1) is 0 Å². The number of fused-ring (bicyclic) bond motifs is 1. The van der Waals surface area contributed by atoms with Crippen LogP contribution in [0, 0.1) is 0 Å². The van der Waals surface area contributed by atoms with E-state index in [0.717, 1.165) is 11.1 Å². The second-order valence-corrected chi connectivity index (χ2v) is 2.66. The Bertz CT molecular complexity index is 299. The van der Waals surface area contributed by atoms with E-state index in [4.69, 9.17) is 0 Å². The zero-order valence-electron chi connectivity index (χ0n) is 6.24. The molecule has 0 saturated heterocycles. The van der Waals surface area contributed by atoms with Gasteiger partial charge in [0.05, 0.1) is 6.54 Å². The van der Waals surface area contributed by atoms with Gasteiger partial charge >= 0.3 is 0 Å². The normalized spacial score (nSPS) is 19.9. The monoisotopic (exact) mass is 148 g/mol. The molecule has 2 aliphatic rings. The predicted molar refractivity (Wildman–Crippen MR) is 42.0 cm³/mol. The Morgan fingerprint density at radius 2 is 2.55 bits per heavy atom. The molecule has 56 valence electrons. The maximum atomic E-state index is 10.9. The Morgan fingerprint density at radius 3 is 3.18 bits per heavy atom. The van der Waals surface area contributed by atoms with E-state index in [2.05, 4.69) is 4.99 Å². The van der Waals surface area contributed by atoms with Crippen LogP contribution in [-0.4, -0.2) is 23.6 Å². The van der Waals surface area contributed by atoms with Crippen molar-refractivity contribution in [2.45, 2.75) is 6.92 Å². The number of carbonyl (C=O) groups is 1. The van der Waals surface area contributed by atoms with Crippen molar-refractivity contribution in [2.75, 3.05) is 6.54 Å². The molecule has 0 aromatic rings. The van der Waals surface area contributed by atoms with Crippen molar-refractivity contribution in [3.8, 4) is 0 Å². The second-order valence-electron chi connectivity index (χ2n) is 2.66. The first-order valence-electron chi connectivity index (χ1n) is 3.49. The SMILES string of the molecule is CC(=O)N1C=C2C=NC=C2C1. The van der Waals surface area contributed by atoms with Crippen molar-refractivity contribution in [1.82, 2.24) is 4.90 Å². The van der Waals surface area contributed by atoms with Crippen molar-refractivity contribution in [2.24, 2.45) is 4.99 Å². The molecule has 1 amide bonds. The summed E-state index contributed by atoms with van der Waals surface area (Å²) < 4.78 is 0. The first-order valence-corrected chi connectivity index (χ1v) is 3.49. The highest BCUT2D eigenvalue weighted by molar-refractivity contribution is 5.91. The molecule has 0 atom stereocenters. The van der Waals surface area contributed by atoms with Gasteiger partial charge in [0.15, 0.2) is 0 Å². The molecule has 2 rings (SSSR count). The predicted octanol–water partition coefficient (Wildman–Crippen LogP) is 0.701. The average Bonchev–Trinajstić information content (AvgIpc) is 2.40. The first-order chi connectivity index (χ1) is 5.27. The zero-order chi connectivity index (χ0) is 7.84. The minimum atomic E-state index is 0.0844. The van der Waals surface area contributed by atoms with E-state index >= 15 is 0 Å². The number of rotatable bonds is 0. The summed E-state index contributed by atoms with van der Waals surface area (Å²) in [7, 11) is 0. The lowest BCUT2D eigenvalue weighted by Gasteiger charge is -2.08. The zero-order valence-corrected chi connectivity index (χ0v) is 6.24. The summed E-state index contributed by atoms with van der Waals surface area (Å²) in [6, 6.07) is 0. The van der Waals surface area contributed by atoms with Crippen LogP contribution < -0.4 is 0 Å². The van der Waals surface area contributed by atoms with Crippen LogP contribution in [0.4, 0.5) is 0 Å². The average molecular weight is 148 g/mol. The maximum absolute atomic E-state index is 10.9. The van der Waals surface area contributed by atoms with E-state index in [9.17, 15) is 4.79 Å². The molecule has 0 bridgehead atoms. The number of nitrogens with zero attached hydrogens (tertiary/aromatic N) is 2. The van der Waals surface area contributed by atoms with Gasteiger partial charge in [-0.2, -0.15) is 0 Å².